The topological polar surface area (TPSA) is 101 Å². The molecule has 0 aliphatic carbocycles. The van der Waals surface area contributed by atoms with Gasteiger partial charge in [0.1, 0.15) is 14.2 Å². The lowest BCUT2D eigenvalue weighted by atomic mass is 9.99. The second kappa shape index (κ2) is 6.93. The molecular formula is C20H20N6O3. The third kappa shape index (κ3) is 3.23. The largest absolute Gasteiger partial charge is 0.373 e. The molecule has 148 valence electrons. The van der Waals surface area contributed by atoms with Gasteiger partial charge in [-0.15, -0.1) is 0 Å². The van der Waals surface area contributed by atoms with Crippen LogP contribution in [-0.2, 0) is 18.3 Å². The van der Waals surface area contributed by atoms with Crippen LogP contribution in [0, 0.1) is 6.92 Å². The molecule has 9 nitrogen and oxygen atoms in total. The van der Waals surface area contributed by atoms with Crippen molar-refractivity contribution in [1.82, 2.24) is 29.2 Å². The molecule has 5 rings (SSSR count). The number of hydrogen-bond donors (Lipinski definition) is 0. The zero-order valence-electron chi connectivity index (χ0n) is 17.1. The number of nitrogens with zero attached hydrogens (tertiary/aromatic N) is 6. The third-order valence-electron chi connectivity index (χ3n) is 5.23. The fourth-order valence-electron chi connectivity index (χ4n) is 3.59. The molecular weight excluding hydrogens is 372 g/mol. The quantitative estimate of drug-likeness (QED) is 0.523. The number of rotatable bonds is 4. The van der Waals surface area contributed by atoms with Gasteiger partial charge in [-0.2, -0.15) is 4.98 Å². The van der Waals surface area contributed by atoms with Gasteiger partial charge in [0.05, 0.1) is 19.0 Å². The molecule has 1 saturated heterocycles. The first-order valence-electron chi connectivity index (χ1n) is 9.88. The summed E-state index contributed by atoms with van der Waals surface area (Å²) >= 11 is 0. The van der Waals surface area contributed by atoms with E-state index >= 15 is 0 Å². The zero-order valence-corrected chi connectivity index (χ0v) is 16.1. The fourth-order valence-corrected chi connectivity index (χ4v) is 3.59. The van der Waals surface area contributed by atoms with Crippen molar-refractivity contribution in [2.24, 2.45) is 7.05 Å². The maximum absolute atomic E-state index is 12.8. The molecule has 0 unspecified atom stereocenters. The Labute approximate surface area is 167 Å². The molecule has 0 radical (unpaired) electrons. The molecule has 0 amide bonds. The molecule has 29 heavy (non-hydrogen) atoms. The highest BCUT2D eigenvalue weighted by atomic mass is 16.5. The minimum Gasteiger partial charge on any atom is -0.373 e. The molecule has 1 aromatic carbocycles. The molecule has 4 aromatic rings. The SMILES string of the molecule is [2H]c1nc2ncn(C)c2c(=O)n1Cc1nc([C@@H]2CO[C@@H](c3ccc(C)cc3)C2)no1. The van der Waals surface area contributed by atoms with Gasteiger partial charge in [-0.05, 0) is 18.9 Å². The summed E-state index contributed by atoms with van der Waals surface area (Å²) in [7, 11) is 1.71. The first-order chi connectivity index (χ1) is 14.5. The van der Waals surface area contributed by atoms with Crippen LogP contribution in [-0.4, -0.2) is 35.8 Å². The van der Waals surface area contributed by atoms with Crippen molar-refractivity contribution in [1.29, 1.82) is 0 Å². The van der Waals surface area contributed by atoms with Crippen LogP contribution in [0.25, 0.3) is 11.2 Å². The number of imidazole rings is 1. The number of ether oxygens (including phenoxy) is 1. The summed E-state index contributed by atoms with van der Waals surface area (Å²) in [6.45, 7) is 2.54. The standard InChI is InChI=1S/C20H20N6O3/c1-12-3-5-13(6-4-12)15-7-14(9-28-15)18-23-16(29-24-18)8-26-11-22-19-17(20(26)27)25(2)10-21-19/h3-6,10-11,14-15H,7-9H2,1-2H3/t14-,15+/m0/s1/i11D. The van der Waals surface area contributed by atoms with Gasteiger partial charge in [-0.3, -0.25) is 9.36 Å². The van der Waals surface area contributed by atoms with E-state index in [4.69, 9.17) is 10.6 Å². The number of fused-ring (bicyclic) bond motifs is 1. The highest BCUT2D eigenvalue weighted by Crippen LogP contribution is 2.37. The van der Waals surface area contributed by atoms with Crippen LogP contribution in [0.15, 0.2) is 46.2 Å². The lowest BCUT2D eigenvalue weighted by Gasteiger charge is -2.09. The molecule has 3 aromatic heterocycles. The Hall–Kier alpha value is -3.33. The van der Waals surface area contributed by atoms with Crippen LogP contribution in [0.3, 0.4) is 0 Å². The van der Waals surface area contributed by atoms with Crippen molar-refractivity contribution in [2.75, 3.05) is 6.61 Å². The lowest BCUT2D eigenvalue weighted by molar-refractivity contribution is 0.110. The Morgan fingerprint density at radius 3 is 2.93 bits per heavy atom. The zero-order chi connectivity index (χ0) is 20.8. The molecule has 4 heterocycles. The molecule has 1 aliphatic rings. The summed E-state index contributed by atoms with van der Waals surface area (Å²) in [5.74, 6) is 0.815. The number of benzene rings is 1. The van der Waals surface area contributed by atoms with Gasteiger partial charge in [0, 0.05) is 13.0 Å². The number of hydrogen-bond acceptors (Lipinski definition) is 7. The highest BCUT2D eigenvalue weighted by molar-refractivity contribution is 5.68. The second-order valence-electron chi connectivity index (χ2n) is 7.34. The normalized spacial score (nSPS) is 19.7. The maximum atomic E-state index is 12.8. The summed E-state index contributed by atoms with van der Waals surface area (Å²) in [5, 5.41) is 4.09. The summed E-state index contributed by atoms with van der Waals surface area (Å²) in [6, 6.07) is 8.30. The summed E-state index contributed by atoms with van der Waals surface area (Å²) in [5.41, 5.74) is 2.55. The van der Waals surface area contributed by atoms with E-state index in [-0.39, 0.29) is 42.0 Å². The van der Waals surface area contributed by atoms with Crippen LogP contribution in [0.5, 0.6) is 0 Å². The smallest absolute Gasteiger partial charge is 0.280 e. The van der Waals surface area contributed by atoms with Gasteiger partial charge >= 0.3 is 0 Å². The Morgan fingerprint density at radius 2 is 2.10 bits per heavy atom. The molecule has 2 atom stereocenters. The Morgan fingerprint density at radius 1 is 1.28 bits per heavy atom. The van der Waals surface area contributed by atoms with E-state index in [0.29, 0.717) is 17.9 Å². The molecule has 0 bridgehead atoms. The van der Waals surface area contributed by atoms with Crippen molar-refractivity contribution in [2.45, 2.75) is 31.9 Å². The predicted octanol–water partition coefficient (Wildman–Crippen LogP) is 2.11. The van der Waals surface area contributed by atoms with Crippen molar-refractivity contribution >= 4 is 11.2 Å². The maximum Gasteiger partial charge on any atom is 0.280 e. The molecule has 0 spiro atoms. The average Bonchev–Trinajstić information content (AvgIpc) is 3.46. The van der Waals surface area contributed by atoms with E-state index in [0.717, 1.165) is 12.0 Å². The van der Waals surface area contributed by atoms with Crippen LogP contribution >= 0.6 is 0 Å². The summed E-state index contributed by atoms with van der Waals surface area (Å²) < 4.78 is 22.1. The molecule has 9 heteroatoms. The number of aryl methyl sites for hydroxylation is 2. The Balaban J connectivity index is 1.35. The summed E-state index contributed by atoms with van der Waals surface area (Å²) in [6.07, 6.45) is 2.05. The molecule has 1 fully saturated rings. The first-order valence-corrected chi connectivity index (χ1v) is 9.38. The van der Waals surface area contributed by atoms with Gasteiger partial charge in [-0.1, -0.05) is 35.0 Å². The van der Waals surface area contributed by atoms with Crippen LogP contribution < -0.4 is 5.56 Å². The van der Waals surface area contributed by atoms with Gasteiger partial charge in [-0.25, -0.2) is 9.97 Å². The lowest BCUT2D eigenvalue weighted by Crippen LogP contribution is -2.22. The number of aromatic nitrogens is 6. The van der Waals surface area contributed by atoms with Gasteiger partial charge in [0.25, 0.3) is 5.56 Å². The summed E-state index contributed by atoms with van der Waals surface area (Å²) in [4.78, 5) is 25.3. The third-order valence-corrected chi connectivity index (χ3v) is 5.23. The van der Waals surface area contributed by atoms with Crippen LogP contribution in [0.1, 0.15) is 42.7 Å². The van der Waals surface area contributed by atoms with Crippen LogP contribution in [0.4, 0.5) is 0 Å². The Kier molecular flexibility index (Phi) is 3.97. The monoisotopic (exact) mass is 393 g/mol. The van der Waals surface area contributed by atoms with Crippen molar-refractivity contribution < 1.29 is 10.6 Å². The van der Waals surface area contributed by atoms with E-state index in [1.807, 2.05) is 0 Å². The minimum atomic E-state index is -0.367. The minimum absolute atomic E-state index is 0.00328. The molecule has 0 N–H and O–H groups in total. The van der Waals surface area contributed by atoms with Gasteiger partial charge < -0.3 is 13.8 Å². The fraction of sp³-hybridized carbons (Fsp3) is 0.350. The van der Waals surface area contributed by atoms with Gasteiger partial charge in [0.2, 0.25) is 5.89 Å². The van der Waals surface area contributed by atoms with E-state index < -0.39 is 0 Å². The predicted molar refractivity (Wildman–Crippen MR) is 103 cm³/mol. The van der Waals surface area contributed by atoms with Crippen LogP contribution in [0.2, 0.25) is 0 Å². The van der Waals surface area contributed by atoms with Crippen molar-refractivity contribution in [3.05, 3.63) is 70.1 Å². The second-order valence-corrected chi connectivity index (χ2v) is 7.34. The average molecular weight is 393 g/mol. The highest BCUT2D eigenvalue weighted by Gasteiger charge is 2.31. The first kappa shape index (κ1) is 16.6. The van der Waals surface area contributed by atoms with E-state index in [2.05, 4.69) is 51.3 Å². The Bertz CT molecular complexity index is 1280. The van der Waals surface area contributed by atoms with E-state index in [9.17, 15) is 4.79 Å². The van der Waals surface area contributed by atoms with E-state index in [1.54, 1.807) is 11.6 Å². The van der Waals surface area contributed by atoms with E-state index in [1.165, 1.54) is 16.5 Å². The molecule has 0 saturated carbocycles. The van der Waals surface area contributed by atoms with Crippen molar-refractivity contribution in [3.8, 4) is 0 Å². The molecule has 1 aliphatic heterocycles. The van der Waals surface area contributed by atoms with Crippen molar-refractivity contribution in [3.63, 3.8) is 0 Å². The van der Waals surface area contributed by atoms with Gasteiger partial charge in [0.15, 0.2) is 17.0 Å².